The Morgan fingerprint density at radius 3 is 2.58 bits per heavy atom. The van der Waals surface area contributed by atoms with Gasteiger partial charge in [0.05, 0.1) is 24.8 Å². The number of carbonyl (C=O) groups is 1. The van der Waals surface area contributed by atoms with Gasteiger partial charge in [0.25, 0.3) is 0 Å². The molecule has 1 aliphatic heterocycles. The molecule has 2 heterocycles. The van der Waals surface area contributed by atoms with Gasteiger partial charge in [-0.1, -0.05) is 30.3 Å². The molecule has 3 aromatic rings. The molecule has 1 saturated heterocycles. The molecule has 0 bridgehead atoms. The summed E-state index contributed by atoms with van der Waals surface area (Å²) in [5, 5.41) is 3.02. The lowest BCUT2D eigenvalue weighted by Crippen LogP contribution is -2.44. The molecule has 1 aliphatic rings. The summed E-state index contributed by atoms with van der Waals surface area (Å²) in [6, 6.07) is 19.6. The molecule has 0 radical (unpaired) electrons. The minimum absolute atomic E-state index is 0.0623. The van der Waals surface area contributed by atoms with E-state index in [0.29, 0.717) is 26.3 Å². The van der Waals surface area contributed by atoms with E-state index in [4.69, 9.17) is 9.47 Å². The van der Waals surface area contributed by atoms with Crippen molar-refractivity contribution in [3.05, 3.63) is 67.0 Å². The number of nitrogens with one attached hydrogen (secondary N) is 1. The van der Waals surface area contributed by atoms with E-state index in [1.807, 2.05) is 67.6 Å². The molecule has 7 heteroatoms. The van der Waals surface area contributed by atoms with Crippen LogP contribution in [0.25, 0.3) is 11.3 Å². The van der Waals surface area contributed by atoms with Crippen LogP contribution < -0.4 is 19.7 Å². The van der Waals surface area contributed by atoms with Gasteiger partial charge in [0.15, 0.2) is 0 Å². The van der Waals surface area contributed by atoms with Crippen LogP contribution >= 0.6 is 0 Å². The summed E-state index contributed by atoms with van der Waals surface area (Å²) in [6.45, 7) is 5.01. The highest BCUT2D eigenvalue weighted by Crippen LogP contribution is 2.25. The van der Waals surface area contributed by atoms with Gasteiger partial charge >= 0.3 is 0 Å². The monoisotopic (exact) mass is 446 g/mol. The standard InChI is InChI=1S/C26H30N4O3/c1-2-32-22-10-12-23(13-11-22)33-16-14-27-26(31)21-9-6-15-30(18-21)25-17-24(28-19-29-25)20-7-4-3-5-8-20/h3-5,7-8,10-13,17,19,21H,2,6,9,14-16,18H2,1H3,(H,27,31). The van der Waals surface area contributed by atoms with Crippen molar-refractivity contribution in [2.45, 2.75) is 19.8 Å². The number of aromatic nitrogens is 2. The molecule has 1 N–H and O–H groups in total. The minimum atomic E-state index is -0.0700. The topological polar surface area (TPSA) is 76.6 Å². The average molecular weight is 447 g/mol. The van der Waals surface area contributed by atoms with Gasteiger partial charge in [-0.15, -0.1) is 0 Å². The Morgan fingerprint density at radius 2 is 1.82 bits per heavy atom. The number of anilines is 1. The molecule has 1 aromatic heterocycles. The van der Waals surface area contributed by atoms with Gasteiger partial charge in [0.2, 0.25) is 5.91 Å². The summed E-state index contributed by atoms with van der Waals surface area (Å²) in [5.41, 5.74) is 1.94. The van der Waals surface area contributed by atoms with E-state index in [2.05, 4.69) is 20.2 Å². The highest BCUT2D eigenvalue weighted by molar-refractivity contribution is 5.79. The van der Waals surface area contributed by atoms with Crippen molar-refractivity contribution >= 4 is 11.7 Å². The number of benzene rings is 2. The Hall–Kier alpha value is -3.61. The van der Waals surface area contributed by atoms with Crippen LogP contribution in [0.4, 0.5) is 5.82 Å². The zero-order chi connectivity index (χ0) is 22.9. The number of rotatable bonds is 9. The zero-order valence-corrected chi connectivity index (χ0v) is 18.9. The maximum Gasteiger partial charge on any atom is 0.225 e. The van der Waals surface area contributed by atoms with Crippen molar-refractivity contribution in [1.29, 1.82) is 0 Å². The normalized spacial score (nSPS) is 15.7. The number of hydrogen-bond acceptors (Lipinski definition) is 6. The van der Waals surface area contributed by atoms with Crippen LogP contribution in [0.5, 0.6) is 11.5 Å². The van der Waals surface area contributed by atoms with Crippen LogP contribution in [-0.4, -0.2) is 48.7 Å². The first-order valence-corrected chi connectivity index (χ1v) is 11.5. The lowest BCUT2D eigenvalue weighted by molar-refractivity contribution is -0.125. The second-order valence-corrected chi connectivity index (χ2v) is 7.96. The van der Waals surface area contributed by atoms with Gasteiger partial charge < -0.3 is 19.7 Å². The number of ether oxygens (including phenoxy) is 2. The summed E-state index contributed by atoms with van der Waals surface area (Å²) >= 11 is 0. The molecular weight excluding hydrogens is 416 g/mol. The fourth-order valence-corrected chi connectivity index (χ4v) is 3.97. The summed E-state index contributed by atoms with van der Waals surface area (Å²) in [4.78, 5) is 23.8. The van der Waals surface area contributed by atoms with E-state index in [1.165, 1.54) is 0 Å². The molecule has 1 atom stereocenters. The molecule has 1 fully saturated rings. The predicted molar refractivity (Wildman–Crippen MR) is 129 cm³/mol. The second kappa shape index (κ2) is 11.3. The second-order valence-electron chi connectivity index (χ2n) is 7.96. The SMILES string of the molecule is CCOc1ccc(OCCNC(=O)C2CCCN(c3cc(-c4ccccc4)ncn3)C2)cc1. The van der Waals surface area contributed by atoms with Gasteiger partial charge in [-0.05, 0) is 44.0 Å². The molecule has 2 aromatic carbocycles. The van der Waals surface area contributed by atoms with E-state index >= 15 is 0 Å². The molecule has 0 spiro atoms. The summed E-state index contributed by atoms with van der Waals surface area (Å²) in [6.07, 6.45) is 3.42. The van der Waals surface area contributed by atoms with E-state index in [-0.39, 0.29) is 11.8 Å². The quantitative estimate of drug-likeness (QED) is 0.502. The van der Waals surface area contributed by atoms with Crippen molar-refractivity contribution in [1.82, 2.24) is 15.3 Å². The van der Waals surface area contributed by atoms with Crippen molar-refractivity contribution < 1.29 is 14.3 Å². The van der Waals surface area contributed by atoms with Crippen LogP contribution in [0.15, 0.2) is 67.0 Å². The summed E-state index contributed by atoms with van der Waals surface area (Å²) in [7, 11) is 0. The average Bonchev–Trinajstić information content (AvgIpc) is 2.88. The van der Waals surface area contributed by atoms with Crippen LogP contribution in [0, 0.1) is 5.92 Å². The predicted octanol–water partition coefficient (Wildman–Crippen LogP) is 3.95. The molecule has 172 valence electrons. The van der Waals surface area contributed by atoms with Crippen LogP contribution in [0.3, 0.4) is 0 Å². The Kier molecular flexibility index (Phi) is 7.74. The maximum absolute atomic E-state index is 12.7. The van der Waals surface area contributed by atoms with Crippen molar-refractivity contribution in [3.8, 4) is 22.8 Å². The van der Waals surface area contributed by atoms with Crippen molar-refractivity contribution in [3.63, 3.8) is 0 Å². The van der Waals surface area contributed by atoms with Gasteiger partial charge in [-0.2, -0.15) is 0 Å². The van der Waals surface area contributed by atoms with E-state index in [1.54, 1.807) is 6.33 Å². The van der Waals surface area contributed by atoms with E-state index in [9.17, 15) is 4.79 Å². The zero-order valence-electron chi connectivity index (χ0n) is 18.9. The van der Waals surface area contributed by atoms with Crippen LogP contribution in [-0.2, 0) is 4.79 Å². The molecular formula is C26H30N4O3. The van der Waals surface area contributed by atoms with Gasteiger partial charge in [0, 0.05) is 24.7 Å². The number of nitrogens with zero attached hydrogens (tertiary/aromatic N) is 3. The Morgan fingerprint density at radius 1 is 1.06 bits per heavy atom. The lowest BCUT2D eigenvalue weighted by atomic mass is 9.97. The number of amides is 1. The van der Waals surface area contributed by atoms with Crippen molar-refractivity contribution in [2.75, 3.05) is 37.7 Å². The third-order valence-electron chi connectivity index (χ3n) is 5.64. The van der Waals surface area contributed by atoms with Gasteiger partial charge in [-0.25, -0.2) is 9.97 Å². The molecule has 33 heavy (non-hydrogen) atoms. The minimum Gasteiger partial charge on any atom is -0.494 e. The Balaban J connectivity index is 1.26. The molecule has 0 aliphatic carbocycles. The largest absolute Gasteiger partial charge is 0.494 e. The smallest absolute Gasteiger partial charge is 0.225 e. The molecule has 1 amide bonds. The van der Waals surface area contributed by atoms with Gasteiger partial charge in [-0.3, -0.25) is 4.79 Å². The summed E-state index contributed by atoms with van der Waals surface area (Å²) < 4.78 is 11.2. The third kappa shape index (κ3) is 6.22. The van der Waals surface area contributed by atoms with E-state index < -0.39 is 0 Å². The maximum atomic E-state index is 12.7. The molecule has 1 unspecified atom stereocenters. The summed E-state index contributed by atoms with van der Waals surface area (Å²) in [5.74, 6) is 2.43. The molecule has 0 saturated carbocycles. The molecule has 4 rings (SSSR count). The Bertz CT molecular complexity index is 1030. The van der Waals surface area contributed by atoms with E-state index in [0.717, 1.165) is 48.0 Å². The van der Waals surface area contributed by atoms with Crippen molar-refractivity contribution in [2.24, 2.45) is 5.92 Å². The highest BCUT2D eigenvalue weighted by atomic mass is 16.5. The lowest BCUT2D eigenvalue weighted by Gasteiger charge is -2.33. The number of piperidine rings is 1. The fourth-order valence-electron chi connectivity index (χ4n) is 3.97. The fraction of sp³-hybridized carbons (Fsp3) is 0.346. The molecule has 7 nitrogen and oxygen atoms in total. The first-order chi connectivity index (χ1) is 16.2. The van der Waals surface area contributed by atoms with Crippen LogP contribution in [0.1, 0.15) is 19.8 Å². The number of carbonyl (C=O) groups excluding carboxylic acids is 1. The first kappa shape index (κ1) is 22.6. The Labute approximate surface area is 194 Å². The van der Waals surface area contributed by atoms with Crippen LogP contribution in [0.2, 0.25) is 0 Å². The first-order valence-electron chi connectivity index (χ1n) is 11.5. The van der Waals surface area contributed by atoms with Gasteiger partial charge in [0.1, 0.15) is 30.3 Å². The number of hydrogen-bond donors (Lipinski definition) is 1. The third-order valence-corrected chi connectivity index (χ3v) is 5.64. The highest BCUT2D eigenvalue weighted by Gasteiger charge is 2.26.